The molecule has 0 aliphatic carbocycles. The Morgan fingerprint density at radius 3 is 1.28 bits per heavy atom. The first kappa shape index (κ1) is 55.2. The second-order valence-electron chi connectivity index (χ2n) is 17.8. The molecule has 0 radical (unpaired) electrons. The molecule has 1 saturated heterocycles. The molecular weight excluding hydrogens is 735 g/mol. The average molecular weight is 830 g/mol. The minimum absolute atomic E-state index is 0.253. The Bertz CT molecular complexity index is 895. The van der Waals surface area contributed by atoms with Gasteiger partial charge >= 0.3 is 0 Å². The van der Waals surface area contributed by atoms with Crippen LogP contribution in [0.5, 0.6) is 0 Å². The fourth-order valence-corrected chi connectivity index (χ4v) is 8.26. The number of carbonyl (C=O) groups excluding carboxylic acids is 1. The van der Waals surface area contributed by atoms with Crippen LogP contribution in [-0.4, -0.2) is 98.7 Å². The molecule has 1 aliphatic heterocycles. The van der Waals surface area contributed by atoms with Crippen molar-refractivity contribution in [1.29, 1.82) is 0 Å². The Kier molecular flexibility index (Phi) is 37.1. The summed E-state index contributed by atoms with van der Waals surface area (Å²) in [6.45, 7) is 3.62. The highest BCUT2D eigenvalue weighted by atomic mass is 16.7. The van der Waals surface area contributed by atoms with Crippen molar-refractivity contribution in [2.45, 2.75) is 288 Å². The molecule has 7 N–H and O–H groups in total. The van der Waals surface area contributed by atoms with E-state index in [0.717, 1.165) is 38.5 Å². The number of hydrogen-bond acceptors (Lipinski definition) is 9. The minimum atomic E-state index is -1.60. The minimum Gasteiger partial charge on any atom is -0.394 e. The molecule has 0 aromatic carbocycles. The molecule has 8 atom stereocenters. The van der Waals surface area contributed by atoms with Crippen LogP contribution in [0.15, 0.2) is 0 Å². The SMILES string of the molecule is CCCCCCCCCCCCCCCCCCCCCCCC(=O)N[C@@H](CO[C@H]1O[C@@H](CO)[C@H](O)[C@H](O)[C@@H]1O)[C@H](O)[C@H](O)CCCCCCCCCCCCCC. The van der Waals surface area contributed by atoms with Crippen molar-refractivity contribution in [2.24, 2.45) is 0 Å². The van der Waals surface area contributed by atoms with Crippen molar-refractivity contribution in [2.75, 3.05) is 13.2 Å². The second kappa shape index (κ2) is 39.0. The van der Waals surface area contributed by atoms with E-state index in [2.05, 4.69) is 19.2 Å². The van der Waals surface area contributed by atoms with Gasteiger partial charge in [-0.25, -0.2) is 0 Å². The van der Waals surface area contributed by atoms with Gasteiger partial charge in [0.2, 0.25) is 5.91 Å². The van der Waals surface area contributed by atoms with Crippen molar-refractivity contribution in [3.05, 3.63) is 0 Å². The fraction of sp³-hybridized carbons (Fsp3) is 0.979. The average Bonchev–Trinajstić information content (AvgIpc) is 3.22. The molecule has 0 aromatic heterocycles. The van der Waals surface area contributed by atoms with Crippen molar-refractivity contribution < 1.29 is 44.9 Å². The van der Waals surface area contributed by atoms with Gasteiger partial charge < -0.3 is 45.4 Å². The molecule has 1 amide bonds. The van der Waals surface area contributed by atoms with Gasteiger partial charge in [0.05, 0.1) is 25.4 Å². The van der Waals surface area contributed by atoms with Crippen molar-refractivity contribution in [3.8, 4) is 0 Å². The highest BCUT2D eigenvalue weighted by molar-refractivity contribution is 5.76. The Morgan fingerprint density at radius 1 is 0.534 bits per heavy atom. The lowest BCUT2D eigenvalue weighted by Crippen LogP contribution is -2.60. The van der Waals surface area contributed by atoms with E-state index in [0.29, 0.717) is 6.42 Å². The van der Waals surface area contributed by atoms with Crippen molar-refractivity contribution in [3.63, 3.8) is 0 Å². The number of amides is 1. The molecule has 0 bridgehead atoms. The van der Waals surface area contributed by atoms with Crippen molar-refractivity contribution >= 4 is 5.91 Å². The number of hydrogen-bond donors (Lipinski definition) is 7. The number of aliphatic hydroxyl groups excluding tert-OH is 6. The van der Waals surface area contributed by atoms with Crippen molar-refractivity contribution in [1.82, 2.24) is 5.32 Å². The highest BCUT2D eigenvalue weighted by Crippen LogP contribution is 2.23. The first-order valence-corrected chi connectivity index (χ1v) is 24.8. The van der Waals surface area contributed by atoms with Gasteiger partial charge in [0, 0.05) is 6.42 Å². The number of carbonyl (C=O) groups is 1. The van der Waals surface area contributed by atoms with E-state index in [-0.39, 0.29) is 18.9 Å². The normalized spacial score (nSPS) is 21.3. The number of unbranched alkanes of at least 4 members (excludes halogenated alkanes) is 31. The monoisotopic (exact) mass is 830 g/mol. The smallest absolute Gasteiger partial charge is 0.220 e. The van der Waals surface area contributed by atoms with Gasteiger partial charge in [-0.15, -0.1) is 0 Å². The maximum absolute atomic E-state index is 13.0. The summed E-state index contributed by atoms with van der Waals surface area (Å²) < 4.78 is 11.2. The van der Waals surface area contributed by atoms with E-state index in [9.17, 15) is 35.4 Å². The number of ether oxygens (including phenoxy) is 2. The Morgan fingerprint density at radius 2 is 0.897 bits per heavy atom. The van der Waals surface area contributed by atoms with Crippen LogP contribution in [0.25, 0.3) is 0 Å². The van der Waals surface area contributed by atoms with Gasteiger partial charge in [-0.1, -0.05) is 219 Å². The summed E-state index contributed by atoms with van der Waals surface area (Å²) in [5, 5.41) is 65.2. The molecule has 0 unspecified atom stereocenters. The fourth-order valence-electron chi connectivity index (χ4n) is 8.26. The van der Waals surface area contributed by atoms with E-state index in [1.807, 2.05) is 0 Å². The van der Waals surface area contributed by atoms with Gasteiger partial charge in [-0.05, 0) is 12.8 Å². The number of aliphatic hydroxyl groups is 6. The zero-order valence-electron chi connectivity index (χ0n) is 37.7. The maximum Gasteiger partial charge on any atom is 0.220 e. The third-order valence-electron chi connectivity index (χ3n) is 12.3. The first-order chi connectivity index (χ1) is 28.3. The van der Waals surface area contributed by atoms with Gasteiger partial charge in [0.25, 0.3) is 0 Å². The molecule has 346 valence electrons. The predicted octanol–water partition coefficient (Wildman–Crippen LogP) is 9.70. The van der Waals surface area contributed by atoms with Crippen LogP contribution in [0.1, 0.15) is 239 Å². The summed E-state index contributed by atoms with van der Waals surface area (Å²) in [5.74, 6) is -0.253. The summed E-state index contributed by atoms with van der Waals surface area (Å²) in [6.07, 6.45) is 32.6. The second-order valence-corrected chi connectivity index (χ2v) is 17.8. The van der Waals surface area contributed by atoms with Gasteiger partial charge in [0.1, 0.15) is 30.5 Å². The molecule has 58 heavy (non-hydrogen) atoms. The molecule has 1 aliphatic rings. The molecule has 1 heterocycles. The van der Waals surface area contributed by atoms with E-state index in [1.54, 1.807) is 0 Å². The molecule has 10 heteroatoms. The van der Waals surface area contributed by atoms with Crippen LogP contribution in [0, 0.1) is 0 Å². The lowest BCUT2D eigenvalue weighted by atomic mass is 9.98. The molecule has 1 rings (SSSR count). The molecule has 0 spiro atoms. The van der Waals surface area contributed by atoms with Crippen LogP contribution in [-0.2, 0) is 14.3 Å². The molecular formula is C48H95NO9. The lowest BCUT2D eigenvalue weighted by Gasteiger charge is -2.40. The van der Waals surface area contributed by atoms with Crippen LogP contribution < -0.4 is 5.32 Å². The van der Waals surface area contributed by atoms with Gasteiger partial charge in [-0.2, -0.15) is 0 Å². The molecule has 1 fully saturated rings. The van der Waals surface area contributed by atoms with Gasteiger partial charge in [-0.3, -0.25) is 4.79 Å². The highest BCUT2D eigenvalue weighted by Gasteiger charge is 2.44. The van der Waals surface area contributed by atoms with Gasteiger partial charge in [0.15, 0.2) is 6.29 Å². The lowest BCUT2D eigenvalue weighted by molar-refractivity contribution is -0.303. The Balaban J connectivity index is 2.30. The first-order valence-electron chi connectivity index (χ1n) is 24.8. The maximum atomic E-state index is 13.0. The van der Waals surface area contributed by atoms with E-state index in [1.165, 1.54) is 173 Å². The largest absolute Gasteiger partial charge is 0.394 e. The number of nitrogens with one attached hydrogen (secondary N) is 1. The van der Waals surface area contributed by atoms with Crippen LogP contribution >= 0.6 is 0 Å². The van der Waals surface area contributed by atoms with E-state index in [4.69, 9.17) is 9.47 Å². The van der Waals surface area contributed by atoms with Crippen LogP contribution in [0.3, 0.4) is 0 Å². The summed E-state index contributed by atoms with van der Waals surface area (Å²) in [4.78, 5) is 13.0. The van der Waals surface area contributed by atoms with E-state index < -0.39 is 55.6 Å². The quantitative estimate of drug-likeness (QED) is 0.0296. The summed E-state index contributed by atoms with van der Waals surface area (Å²) in [7, 11) is 0. The summed E-state index contributed by atoms with van der Waals surface area (Å²) in [5.41, 5.74) is 0. The Labute approximate surface area is 356 Å². The standard InChI is InChI=1S/C48H95NO9/c1-3-5-7-9-11-13-15-17-18-19-20-21-22-23-24-25-27-29-31-33-35-37-43(52)49-40(39-57-48-47(56)46(55)45(54)42(38-50)58-48)44(53)41(51)36-34-32-30-28-26-16-14-12-10-8-6-4-2/h40-42,44-48,50-51,53-56H,3-39H2,1-2H3,(H,49,52)/t40-,41+,42-,44-,45-,46-,47-,48-/m0/s1. The zero-order valence-corrected chi connectivity index (χ0v) is 37.7. The Hall–Kier alpha value is -0.850. The third kappa shape index (κ3) is 28.6. The topological polar surface area (TPSA) is 169 Å². The van der Waals surface area contributed by atoms with Crippen LogP contribution in [0.2, 0.25) is 0 Å². The molecule has 10 nitrogen and oxygen atoms in total. The number of rotatable bonds is 42. The zero-order chi connectivity index (χ0) is 42.5. The van der Waals surface area contributed by atoms with Crippen LogP contribution in [0.4, 0.5) is 0 Å². The molecule has 0 aromatic rings. The summed E-state index contributed by atoms with van der Waals surface area (Å²) >= 11 is 0. The van der Waals surface area contributed by atoms with E-state index >= 15 is 0 Å². The molecule has 0 saturated carbocycles. The summed E-state index contributed by atoms with van der Waals surface area (Å²) in [6, 6.07) is -0.984. The third-order valence-corrected chi connectivity index (χ3v) is 12.3. The predicted molar refractivity (Wildman–Crippen MR) is 237 cm³/mol.